The van der Waals surface area contributed by atoms with Crippen molar-refractivity contribution in [3.63, 3.8) is 0 Å². The second kappa shape index (κ2) is 6.02. The highest BCUT2D eigenvalue weighted by atomic mass is 16.2. The molecule has 1 amide bonds. The normalized spacial score (nSPS) is 40.5. The molecule has 2 atom stereocenters. The number of nitrogens with one attached hydrogen (secondary N) is 2. The van der Waals surface area contributed by atoms with Gasteiger partial charge in [-0.15, -0.1) is 0 Å². The van der Waals surface area contributed by atoms with Crippen molar-refractivity contribution in [2.75, 3.05) is 32.7 Å². The van der Waals surface area contributed by atoms with E-state index in [1.807, 2.05) is 0 Å². The summed E-state index contributed by atoms with van der Waals surface area (Å²) in [5, 5.41) is 6.87. The summed E-state index contributed by atoms with van der Waals surface area (Å²) in [6.45, 7) is 7.67. The molecule has 4 saturated heterocycles. The first kappa shape index (κ1) is 14.3. The minimum absolute atomic E-state index is 0.140. The molecule has 4 nitrogen and oxygen atoms in total. The largest absolute Gasteiger partial charge is 0.351 e. The summed E-state index contributed by atoms with van der Waals surface area (Å²) in [6, 6.07) is 0.403. The van der Waals surface area contributed by atoms with E-state index < -0.39 is 0 Å². The summed E-state index contributed by atoms with van der Waals surface area (Å²) in [7, 11) is 0. The van der Waals surface area contributed by atoms with Gasteiger partial charge in [0.1, 0.15) is 0 Å². The topological polar surface area (TPSA) is 44.4 Å². The van der Waals surface area contributed by atoms with Crippen molar-refractivity contribution in [2.24, 2.45) is 11.3 Å². The van der Waals surface area contributed by atoms with Crippen molar-refractivity contribution >= 4 is 5.91 Å². The van der Waals surface area contributed by atoms with E-state index in [0.29, 0.717) is 11.9 Å². The molecule has 0 aromatic carbocycles. The summed E-state index contributed by atoms with van der Waals surface area (Å²) in [6.07, 6.45) is 6.84. The van der Waals surface area contributed by atoms with Crippen LogP contribution < -0.4 is 10.6 Å². The summed E-state index contributed by atoms with van der Waals surface area (Å²) >= 11 is 0. The molecule has 2 unspecified atom stereocenters. The first-order valence-corrected chi connectivity index (χ1v) is 8.47. The molecule has 0 saturated carbocycles. The molecule has 4 rings (SSSR count). The molecule has 0 aromatic rings. The van der Waals surface area contributed by atoms with Crippen molar-refractivity contribution in [3.05, 3.63) is 0 Å². The van der Waals surface area contributed by atoms with Gasteiger partial charge in [-0.05, 0) is 57.7 Å². The molecular weight excluding hydrogens is 250 g/mol. The number of piperidine rings is 4. The number of hydrogen-bond acceptors (Lipinski definition) is 3. The highest BCUT2D eigenvalue weighted by Gasteiger charge is 2.42. The summed E-state index contributed by atoms with van der Waals surface area (Å²) in [5.41, 5.74) is -0.140. The fourth-order valence-corrected chi connectivity index (χ4v) is 4.42. The van der Waals surface area contributed by atoms with Gasteiger partial charge in [0.25, 0.3) is 0 Å². The Kier molecular flexibility index (Phi) is 4.32. The Morgan fingerprint density at radius 3 is 2.75 bits per heavy atom. The second-order valence-corrected chi connectivity index (χ2v) is 7.03. The molecule has 4 aliphatic rings. The van der Waals surface area contributed by atoms with Crippen LogP contribution in [-0.2, 0) is 4.79 Å². The maximum absolute atomic E-state index is 12.9. The van der Waals surface area contributed by atoms with E-state index in [1.165, 1.54) is 25.9 Å². The van der Waals surface area contributed by atoms with Gasteiger partial charge in [0.2, 0.25) is 5.91 Å². The molecule has 0 spiro atoms. The molecule has 2 bridgehead atoms. The lowest BCUT2D eigenvalue weighted by molar-refractivity contribution is -0.134. The molecule has 0 aliphatic carbocycles. The van der Waals surface area contributed by atoms with E-state index >= 15 is 0 Å². The van der Waals surface area contributed by atoms with Crippen molar-refractivity contribution in [1.29, 1.82) is 0 Å². The van der Waals surface area contributed by atoms with Crippen molar-refractivity contribution < 1.29 is 4.79 Å². The minimum Gasteiger partial charge on any atom is -0.351 e. The first-order chi connectivity index (χ1) is 9.73. The maximum atomic E-state index is 12.9. The van der Waals surface area contributed by atoms with Gasteiger partial charge in [-0.1, -0.05) is 13.3 Å². The molecular formula is C16H29N3O. The molecule has 20 heavy (non-hydrogen) atoms. The van der Waals surface area contributed by atoms with Crippen LogP contribution in [0.3, 0.4) is 0 Å². The SMILES string of the molecule is CCCC1(C(=O)NC2CN3CCC2CC3)CCCNC1. The van der Waals surface area contributed by atoms with Crippen molar-refractivity contribution in [1.82, 2.24) is 15.5 Å². The average molecular weight is 279 g/mol. The molecule has 114 valence electrons. The molecule has 0 aromatic heterocycles. The highest BCUT2D eigenvalue weighted by molar-refractivity contribution is 5.83. The minimum atomic E-state index is -0.140. The van der Waals surface area contributed by atoms with E-state index in [9.17, 15) is 4.79 Å². The Morgan fingerprint density at radius 1 is 1.40 bits per heavy atom. The van der Waals surface area contributed by atoms with Gasteiger partial charge in [0.05, 0.1) is 5.41 Å². The predicted molar refractivity (Wildman–Crippen MR) is 80.5 cm³/mol. The predicted octanol–water partition coefficient (Wildman–Crippen LogP) is 1.37. The smallest absolute Gasteiger partial charge is 0.227 e. The molecule has 4 fully saturated rings. The lowest BCUT2D eigenvalue weighted by Gasteiger charge is -2.46. The van der Waals surface area contributed by atoms with Gasteiger partial charge in [-0.2, -0.15) is 0 Å². The zero-order valence-corrected chi connectivity index (χ0v) is 12.8. The lowest BCUT2D eigenvalue weighted by Crippen LogP contribution is -2.60. The monoisotopic (exact) mass is 279 g/mol. The molecule has 4 heterocycles. The molecule has 4 heteroatoms. The number of fused-ring (bicyclic) bond motifs is 3. The summed E-state index contributed by atoms with van der Waals surface area (Å²) < 4.78 is 0. The van der Waals surface area contributed by atoms with Gasteiger partial charge >= 0.3 is 0 Å². The van der Waals surface area contributed by atoms with Crippen LogP contribution >= 0.6 is 0 Å². The summed E-state index contributed by atoms with van der Waals surface area (Å²) in [5.74, 6) is 1.05. The van der Waals surface area contributed by atoms with Crippen molar-refractivity contribution in [2.45, 2.75) is 51.5 Å². The van der Waals surface area contributed by atoms with E-state index in [1.54, 1.807) is 0 Å². The van der Waals surface area contributed by atoms with Gasteiger partial charge in [-0.3, -0.25) is 4.79 Å². The first-order valence-electron chi connectivity index (χ1n) is 8.47. The fraction of sp³-hybridized carbons (Fsp3) is 0.938. The third-order valence-electron chi connectivity index (χ3n) is 5.66. The Labute approximate surface area is 122 Å². The zero-order valence-electron chi connectivity index (χ0n) is 12.8. The maximum Gasteiger partial charge on any atom is 0.227 e. The van der Waals surface area contributed by atoms with E-state index in [2.05, 4.69) is 22.5 Å². The zero-order chi connectivity index (χ0) is 14.0. The third kappa shape index (κ3) is 2.73. The lowest BCUT2D eigenvalue weighted by atomic mass is 9.75. The van der Waals surface area contributed by atoms with Crippen LogP contribution in [-0.4, -0.2) is 49.6 Å². The second-order valence-electron chi connectivity index (χ2n) is 7.03. The number of carbonyl (C=O) groups is 1. The Bertz CT molecular complexity index is 338. The Morgan fingerprint density at radius 2 is 2.20 bits per heavy atom. The van der Waals surface area contributed by atoms with Crippen LogP contribution in [0.25, 0.3) is 0 Å². The fourth-order valence-electron chi connectivity index (χ4n) is 4.42. The number of amides is 1. The Balaban J connectivity index is 1.64. The molecule has 2 N–H and O–H groups in total. The van der Waals surface area contributed by atoms with Crippen LogP contribution in [0.15, 0.2) is 0 Å². The quantitative estimate of drug-likeness (QED) is 0.817. The number of hydrogen-bond donors (Lipinski definition) is 2. The number of rotatable bonds is 4. The van der Waals surface area contributed by atoms with Crippen LogP contribution in [0.4, 0.5) is 0 Å². The van der Waals surface area contributed by atoms with Gasteiger partial charge in [0.15, 0.2) is 0 Å². The van der Waals surface area contributed by atoms with Gasteiger partial charge in [-0.25, -0.2) is 0 Å². The number of carbonyl (C=O) groups excluding carboxylic acids is 1. The summed E-state index contributed by atoms with van der Waals surface area (Å²) in [4.78, 5) is 15.4. The molecule has 0 radical (unpaired) electrons. The van der Waals surface area contributed by atoms with E-state index in [4.69, 9.17) is 0 Å². The third-order valence-corrected chi connectivity index (χ3v) is 5.66. The van der Waals surface area contributed by atoms with E-state index in [0.717, 1.165) is 51.2 Å². The molecule has 4 aliphatic heterocycles. The van der Waals surface area contributed by atoms with Crippen LogP contribution in [0, 0.1) is 11.3 Å². The van der Waals surface area contributed by atoms with Gasteiger partial charge in [0, 0.05) is 19.1 Å². The van der Waals surface area contributed by atoms with Crippen LogP contribution in [0.1, 0.15) is 45.4 Å². The standard InChI is InChI=1S/C16H29N3O/c1-2-6-16(7-3-8-17-12-16)15(20)18-14-11-19-9-4-13(14)5-10-19/h13-14,17H,2-12H2,1H3,(H,18,20). The Hall–Kier alpha value is -0.610. The van der Waals surface area contributed by atoms with Crippen molar-refractivity contribution in [3.8, 4) is 0 Å². The highest BCUT2D eigenvalue weighted by Crippen LogP contribution is 2.34. The van der Waals surface area contributed by atoms with Gasteiger partial charge < -0.3 is 15.5 Å². The van der Waals surface area contributed by atoms with E-state index in [-0.39, 0.29) is 5.41 Å². The van der Waals surface area contributed by atoms with Crippen LogP contribution in [0.2, 0.25) is 0 Å². The van der Waals surface area contributed by atoms with Crippen LogP contribution in [0.5, 0.6) is 0 Å². The number of nitrogens with zero attached hydrogens (tertiary/aromatic N) is 1. The average Bonchev–Trinajstić information content (AvgIpc) is 2.50.